The van der Waals surface area contributed by atoms with E-state index in [1.54, 1.807) is 0 Å². The Morgan fingerprint density at radius 3 is 2.33 bits per heavy atom. The third-order valence-electron chi connectivity index (χ3n) is 3.09. The summed E-state index contributed by atoms with van der Waals surface area (Å²) >= 11 is 0. The molecule has 1 aromatic carbocycles. The summed E-state index contributed by atoms with van der Waals surface area (Å²) in [5, 5.41) is 2.13. The number of carbonyl (C=O) groups is 1. The summed E-state index contributed by atoms with van der Waals surface area (Å²) in [6.07, 6.45) is -4.71. The van der Waals surface area contributed by atoms with Gasteiger partial charge in [-0.1, -0.05) is 20.8 Å². The Hall–Kier alpha value is -1.63. The minimum Gasteiger partial charge on any atom is -0.327 e. The Kier molecular flexibility index (Phi) is 4.99. The van der Waals surface area contributed by atoms with Gasteiger partial charge in [0.05, 0.1) is 11.3 Å². The fraction of sp³-hybridized carbons (Fsp3) is 0.500. The van der Waals surface area contributed by atoms with E-state index in [0.717, 1.165) is 0 Å². The molecule has 0 saturated carbocycles. The largest absolute Gasteiger partial charge is 0.416 e. The second-order valence-electron chi connectivity index (χ2n) is 5.92. The summed E-state index contributed by atoms with van der Waals surface area (Å²) in [6, 6.07) is 1.36. The molecule has 0 spiro atoms. The monoisotopic (exact) mass is 306 g/mol. The van der Waals surface area contributed by atoms with Crippen molar-refractivity contribution in [2.24, 2.45) is 11.1 Å². The number of carbonyl (C=O) groups excluding carboxylic acids is 1. The predicted molar refractivity (Wildman–Crippen MR) is 72.1 cm³/mol. The molecule has 0 fully saturated rings. The molecule has 1 amide bonds. The van der Waals surface area contributed by atoms with Gasteiger partial charge in [-0.2, -0.15) is 13.2 Å². The Labute approximate surface area is 120 Å². The number of anilines is 1. The van der Waals surface area contributed by atoms with E-state index in [-0.39, 0.29) is 11.8 Å². The first-order chi connectivity index (χ1) is 9.41. The highest BCUT2D eigenvalue weighted by Crippen LogP contribution is 2.32. The van der Waals surface area contributed by atoms with Gasteiger partial charge >= 0.3 is 6.18 Å². The third-order valence-corrected chi connectivity index (χ3v) is 3.09. The lowest BCUT2D eigenvalue weighted by molar-refractivity contribution is -0.137. The van der Waals surface area contributed by atoms with Crippen molar-refractivity contribution in [1.82, 2.24) is 0 Å². The van der Waals surface area contributed by atoms with Crippen molar-refractivity contribution < 1.29 is 22.4 Å². The highest BCUT2D eigenvalue weighted by atomic mass is 19.4. The lowest BCUT2D eigenvalue weighted by atomic mass is 9.85. The average molecular weight is 306 g/mol. The van der Waals surface area contributed by atoms with Crippen LogP contribution in [0.1, 0.15) is 32.8 Å². The molecule has 0 heterocycles. The van der Waals surface area contributed by atoms with Gasteiger partial charge in [0.25, 0.3) is 0 Å². The lowest BCUT2D eigenvalue weighted by Crippen LogP contribution is -2.38. The van der Waals surface area contributed by atoms with Gasteiger partial charge < -0.3 is 11.1 Å². The molecule has 0 saturated heterocycles. The molecule has 3 nitrogen and oxygen atoms in total. The highest BCUT2D eigenvalue weighted by molar-refractivity contribution is 5.91. The minimum atomic E-state index is -4.60. The molecule has 7 heteroatoms. The Bertz CT molecular complexity index is 521. The van der Waals surface area contributed by atoms with Gasteiger partial charge in [-0.25, -0.2) is 4.39 Å². The minimum absolute atomic E-state index is 0.112. The van der Waals surface area contributed by atoms with Gasteiger partial charge in [0.15, 0.2) is 0 Å². The molecular weight excluding hydrogens is 288 g/mol. The highest BCUT2D eigenvalue weighted by Gasteiger charge is 2.31. The van der Waals surface area contributed by atoms with Crippen molar-refractivity contribution in [2.45, 2.75) is 39.4 Å². The van der Waals surface area contributed by atoms with E-state index in [0.29, 0.717) is 18.2 Å². The molecule has 0 aliphatic heterocycles. The summed E-state index contributed by atoms with van der Waals surface area (Å²) in [6.45, 7) is 5.49. The smallest absolute Gasteiger partial charge is 0.327 e. The average Bonchev–Trinajstić information content (AvgIpc) is 2.29. The van der Waals surface area contributed by atoms with Crippen LogP contribution in [-0.2, 0) is 11.0 Å². The fourth-order valence-electron chi connectivity index (χ4n) is 1.50. The van der Waals surface area contributed by atoms with Crippen LogP contribution in [0.3, 0.4) is 0 Å². The van der Waals surface area contributed by atoms with E-state index in [2.05, 4.69) is 5.32 Å². The number of rotatable bonds is 3. The van der Waals surface area contributed by atoms with E-state index < -0.39 is 35.2 Å². The standard InChI is InChI=1S/C14H18F4N2O/c1-13(2,3)11(19)7-12(21)20-10-6-8(14(16,17)18)4-5-9(10)15/h4-6,11H,7,19H2,1-3H3,(H,20,21). The molecule has 1 aromatic rings. The molecule has 0 aromatic heterocycles. The van der Waals surface area contributed by atoms with Crippen LogP contribution in [0.2, 0.25) is 0 Å². The van der Waals surface area contributed by atoms with Crippen LogP contribution in [0.4, 0.5) is 23.2 Å². The van der Waals surface area contributed by atoms with Crippen LogP contribution in [0.5, 0.6) is 0 Å². The van der Waals surface area contributed by atoms with Crippen LogP contribution in [0.25, 0.3) is 0 Å². The zero-order valence-electron chi connectivity index (χ0n) is 12.0. The van der Waals surface area contributed by atoms with Gasteiger partial charge in [0.1, 0.15) is 5.82 Å². The van der Waals surface area contributed by atoms with E-state index >= 15 is 0 Å². The fourth-order valence-corrected chi connectivity index (χ4v) is 1.50. The summed E-state index contributed by atoms with van der Waals surface area (Å²) < 4.78 is 51.1. The Balaban J connectivity index is 2.86. The molecule has 1 rings (SSSR count). The molecule has 0 bridgehead atoms. The van der Waals surface area contributed by atoms with Gasteiger partial charge in [-0.05, 0) is 23.6 Å². The second-order valence-corrected chi connectivity index (χ2v) is 5.92. The number of alkyl halides is 3. The van der Waals surface area contributed by atoms with Gasteiger partial charge in [-0.3, -0.25) is 4.79 Å². The maximum absolute atomic E-state index is 13.5. The van der Waals surface area contributed by atoms with Crippen molar-refractivity contribution in [2.75, 3.05) is 5.32 Å². The van der Waals surface area contributed by atoms with Gasteiger partial charge in [0.2, 0.25) is 5.91 Å². The van der Waals surface area contributed by atoms with Crippen LogP contribution in [0.15, 0.2) is 18.2 Å². The molecule has 3 N–H and O–H groups in total. The molecule has 1 unspecified atom stereocenters. The van der Waals surface area contributed by atoms with Crippen molar-refractivity contribution in [3.05, 3.63) is 29.6 Å². The van der Waals surface area contributed by atoms with Crippen LogP contribution in [-0.4, -0.2) is 11.9 Å². The molecule has 21 heavy (non-hydrogen) atoms. The summed E-state index contributed by atoms with van der Waals surface area (Å²) in [7, 11) is 0. The Morgan fingerprint density at radius 1 is 1.29 bits per heavy atom. The van der Waals surface area contributed by atoms with Crippen molar-refractivity contribution in [3.63, 3.8) is 0 Å². The first-order valence-corrected chi connectivity index (χ1v) is 6.33. The topological polar surface area (TPSA) is 55.1 Å². The maximum atomic E-state index is 13.5. The third kappa shape index (κ3) is 5.00. The van der Waals surface area contributed by atoms with Gasteiger partial charge in [-0.15, -0.1) is 0 Å². The number of benzene rings is 1. The predicted octanol–water partition coefficient (Wildman–Crippen LogP) is 3.55. The Morgan fingerprint density at radius 2 is 1.86 bits per heavy atom. The van der Waals surface area contributed by atoms with Gasteiger partial charge in [0, 0.05) is 12.5 Å². The normalized spacial score (nSPS) is 13.9. The molecule has 1 atom stereocenters. The number of hydrogen-bond donors (Lipinski definition) is 2. The molecule has 0 radical (unpaired) electrons. The summed E-state index contributed by atoms with van der Waals surface area (Å²) in [4.78, 5) is 11.7. The van der Waals surface area contributed by atoms with Crippen LogP contribution >= 0.6 is 0 Å². The van der Waals surface area contributed by atoms with Crippen molar-refractivity contribution in [3.8, 4) is 0 Å². The van der Waals surface area contributed by atoms with Crippen molar-refractivity contribution >= 4 is 11.6 Å². The molecule has 0 aliphatic carbocycles. The first kappa shape index (κ1) is 17.4. The zero-order chi connectivity index (χ0) is 16.4. The van der Waals surface area contributed by atoms with E-state index in [1.807, 2.05) is 20.8 Å². The SMILES string of the molecule is CC(C)(C)C(N)CC(=O)Nc1cc(C(F)(F)F)ccc1F. The number of amides is 1. The number of nitrogens with one attached hydrogen (secondary N) is 1. The summed E-state index contributed by atoms with van der Waals surface area (Å²) in [5.41, 5.74) is 3.93. The van der Waals surface area contributed by atoms with Crippen LogP contribution < -0.4 is 11.1 Å². The van der Waals surface area contributed by atoms with E-state index in [1.165, 1.54) is 0 Å². The molecular formula is C14H18F4N2O. The first-order valence-electron chi connectivity index (χ1n) is 6.33. The van der Waals surface area contributed by atoms with Crippen molar-refractivity contribution in [1.29, 1.82) is 0 Å². The maximum Gasteiger partial charge on any atom is 0.416 e. The second kappa shape index (κ2) is 6.01. The zero-order valence-corrected chi connectivity index (χ0v) is 12.0. The van der Waals surface area contributed by atoms with Crippen LogP contribution in [0, 0.1) is 11.2 Å². The number of hydrogen-bond acceptors (Lipinski definition) is 2. The van der Waals surface area contributed by atoms with E-state index in [9.17, 15) is 22.4 Å². The quantitative estimate of drug-likeness (QED) is 0.839. The number of nitrogens with two attached hydrogens (primary N) is 1. The number of halogens is 4. The lowest BCUT2D eigenvalue weighted by Gasteiger charge is -2.26. The molecule has 118 valence electrons. The molecule has 0 aliphatic rings. The van der Waals surface area contributed by atoms with E-state index in [4.69, 9.17) is 5.73 Å². The summed E-state index contributed by atoms with van der Waals surface area (Å²) in [5.74, 6) is -1.56.